The summed E-state index contributed by atoms with van der Waals surface area (Å²) in [6, 6.07) is 11.7. The number of benzene rings is 1. The van der Waals surface area contributed by atoms with E-state index in [0.29, 0.717) is 13.0 Å². The fourth-order valence-electron chi connectivity index (χ4n) is 2.79. The van der Waals surface area contributed by atoms with Crippen molar-refractivity contribution in [1.82, 2.24) is 21.2 Å². The Bertz CT molecular complexity index is 660. The van der Waals surface area contributed by atoms with Gasteiger partial charge in [0.25, 0.3) is 0 Å². The molecule has 24 heavy (non-hydrogen) atoms. The molecule has 1 aliphatic rings. The Balaban J connectivity index is 1.46. The van der Waals surface area contributed by atoms with E-state index < -0.39 is 0 Å². The van der Waals surface area contributed by atoms with Crippen LogP contribution >= 0.6 is 0 Å². The zero-order valence-corrected chi connectivity index (χ0v) is 13.7. The zero-order chi connectivity index (χ0) is 16.8. The molecule has 1 aromatic carbocycles. The number of carbonyl (C=O) groups excluding carboxylic acids is 1. The molecule has 0 radical (unpaired) electrons. The summed E-state index contributed by atoms with van der Waals surface area (Å²) in [6.07, 6.45) is 5.04. The highest BCUT2D eigenvalue weighted by molar-refractivity contribution is 5.82. The van der Waals surface area contributed by atoms with Gasteiger partial charge in [0.15, 0.2) is 0 Å². The van der Waals surface area contributed by atoms with E-state index in [1.54, 1.807) is 19.5 Å². The van der Waals surface area contributed by atoms with E-state index in [4.69, 9.17) is 4.74 Å². The number of methoxy groups -OCH3 is 1. The SMILES string of the molecule is COc1ccc(C2CC(C(=O)NCCc3ccncc3)NN2)cc1. The Morgan fingerprint density at radius 3 is 2.67 bits per heavy atom. The van der Waals surface area contributed by atoms with Gasteiger partial charge in [-0.25, -0.2) is 10.9 Å². The largest absolute Gasteiger partial charge is 0.497 e. The summed E-state index contributed by atoms with van der Waals surface area (Å²) in [5.74, 6) is 0.850. The van der Waals surface area contributed by atoms with E-state index in [2.05, 4.69) is 21.2 Å². The Labute approximate surface area is 141 Å². The minimum atomic E-state index is -0.227. The Hall–Kier alpha value is -2.44. The number of pyridine rings is 1. The number of aromatic nitrogens is 1. The molecule has 6 nitrogen and oxygen atoms in total. The standard InChI is InChI=1S/C18H22N4O2/c1-24-15-4-2-14(3-5-15)16-12-17(22-21-16)18(23)20-11-8-13-6-9-19-10-7-13/h2-7,9-10,16-17,21-22H,8,11-12H2,1H3,(H,20,23). The van der Waals surface area contributed by atoms with Crippen LogP contribution < -0.4 is 20.9 Å². The molecule has 2 atom stereocenters. The molecule has 3 rings (SSSR count). The van der Waals surface area contributed by atoms with Gasteiger partial charge in [0.05, 0.1) is 7.11 Å². The van der Waals surface area contributed by atoms with Crippen LogP contribution in [0.5, 0.6) is 5.75 Å². The molecule has 0 bridgehead atoms. The number of hydrogen-bond acceptors (Lipinski definition) is 5. The molecule has 2 aromatic rings. The summed E-state index contributed by atoms with van der Waals surface area (Å²) < 4.78 is 5.17. The van der Waals surface area contributed by atoms with Crippen LogP contribution in [0.15, 0.2) is 48.8 Å². The van der Waals surface area contributed by atoms with Crippen molar-refractivity contribution in [2.75, 3.05) is 13.7 Å². The number of hydrazine groups is 1. The van der Waals surface area contributed by atoms with Crippen molar-refractivity contribution in [3.05, 3.63) is 59.9 Å². The second-order valence-corrected chi connectivity index (χ2v) is 5.80. The van der Waals surface area contributed by atoms with Gasteiger partial charge in [0.2, 0.25) is 5.91 Å². The third-order valence-corrected chi connectivity index (χ3v) is 4.20. The van der Waals surface area contributed by atoms with Crippen molar-refractivity contribution >= 4 is 5.91 Å². The van der Waals surface area contributed by atoms with E-state index in [1.165, 1.54) is 5.56 Å². The van der Waals surface area contributed by atoms with Crippen molar-refractivity contribution in [3.63, 3.8) is 0 Å². The average molecular weight is 326 g/mol. The molecule has 6 heteroatoms. The third-order valence-electron chi connectivity index (χ3n) is 4.20. The summed E-state index contributed by atoms with van der Waals surface area (Å²) in [7, 11) is 1.65. The van der Waals surface area contributed by atoms with Gasteiger partial charge in [-0.15, -0.1) is 0 Å². The normalized spacial score (nSPS) is 19.9. The first-order valence-corrected chi connectivity index (χ1v) is 8.08. The summed E-state index contributed by atoms with van der Waals surface area (Å²) in [5, 5.41) is 2.98. The van der Waals surface area contributed by atoms with Crippen LogP contribution in [0.1, 0.15) is 23.6 Å². The van der Waals surface area contributed by atoms with Gasteiger partial charge in [0, 0.05) is 25.0 Å². The number of hydrogen-bond donors (Lipinski definition) is 3. The van der Waals surface area contributed by atoms with Crippen molar-refractivity contribution in [2.24, 2.45) is 0 Å². The number of amides is 1. The van der Waals surface area contributed by atoms with Crippen LogP contribution in [-0.4, -0.2) is 30.6 Å². The molecule has 1 fully saturated rings. The summed E-state index contributed by atoms with van der Waals surface area (Å²) >= 11 is 0. The van der Waals surface area contributed by atoms with Gasteiger partial charge in [-0.05, 0) is 48.2 Å². The maximum atomic E-state index is 12.3. The van der Waals surface area contributed by atoms with Gasteiger partial charge < -0.3 is 10.1 Å². The topological polar surface area (TPSA) is 75.3 Å². The van der Waals surface area contributed by atoms with Crippen LogP contribution in [0.3, 0.4) is 0 Å². The molecular weight excluding hydrogens is 304 g/mol. The number of nitrogens with zero attached hydrogens (tertiary/aromatic N) is 1. The first-order valence-electron chi connectivity index (χ1n) is 8.08. The quantitative estimate of drug-likeness (QED) is 0.747. The lowest BCUT2D eigenvalue weighted by Crippen LogP contribution is -2.43. The molecule has 1 aliphatic heterocycles. The van der Waals surface area contributed by atoms with Gasteiger partial charge in [-0.2, -0.15) is 0 Å². The van der Waals surface area contributed by atoms with Gasteiger partial charge >= 0.3 is 0 Å². The van der Waals surface area contributed by atoms with Crippen LogP contribution in [0.2, 0.25) is 0 Å². The molecule has 0 spiro atoms. The summed E-state index contributed by atoms with van der Waals surface area (Å²) in [6.45, 7) is 0.619. The van der Waals surface area contributed by atoms with E-state index in [9.17, 15) is 4.79 Å². The number of nitrogens with one attached hydrogen (secondary N) is 3. The van der Waals surface area contributed by atoms with Gasteiger partial charge in [-0.1, -0.05) is 12.1 Å². The molecule has 126 valence electrons. The maximum absolute atomic E-state index is 12.3. The van der Waals surface area contributed by atoms with E-state index in [-0.39, 0.29) is 18.0 Å². The lowest BCUT2D eigenvalue weighted by Gasteiger charge is -2.11. The second kappa shape index (κ2) is 7.90. The van der Waals surface area contributed by atoms with Crippen molar-refractivity contribution in [2.45, 2.75) is 24.9 Å². The van der Waals surface area contributed by atoms with Gasteiger partial charge in [-0.3, -0.25) is 9.78 Å². The van der Waals surface area contributed by atoms with Crippen LogP contribution in [0.25, 0.3) is 0 Å². The number of carbonyl (C=O) groups is 1. The monoisotopic (exact) mass is 326 g/mol. The van der Waals surface area contributed by atoms with Crippen LogP contribution in [0, 0.1) is 0 Å². The lowest BCUT2D eigenvalue weighted by atomic mass is 10.0. The molecule has 2 heterocycles. The minimum absolute atomic E-state index is 0.0209. The van der Waals surface area contributed by atoms with Gasteiger partial charge in [0.1, 0.15) is 11.8 Å². The van der Waals surface area contributed by atoms with Crippen LogP contribution in [-0.2, 0) is 11.2 Å². The summed E-state index contributed by atoms with van der Waals surface area (Å²) in [5.41, 5.74) is 8.57. The Morgan fingerprint density at radius 1 is 1.21 bits per heavy atom. The van der Waals surface area contributed by atoms with Crippen molar-refractivity contribution < 1.29 is 9.53 Å². The number of ether oxygens (including phenoxy) is 1. The minimum Gasteiger partial charge on any atom is -0.497 e. The highest BCUT2D eigenvalue weighted by Gasteiger charge is 2.29. The molecule has 3 N–H and O–H groups in total. The zero-order valence-electron chi connectivity index (χ0n) is 13.7. The fraction of sp³-hybridized carbons (Fsp3) is 0.333. The first-order chi connectivity index (χ1) is 11.8. The maximum Gasteiger partial charge on any atom is 0.238 e. The average Bonchev–Trinajstić information content (AvgIpc) is 3.13. The van der Waals surface area contributed by atoms with Crippen molar-refractivity contribution in [3.8, 4) is 5.75 Å². The van der Waals surface area contributed by atoms with Crippen molar-refractivity contribution in [1.29, 1.82) is 0 Å². The predicted molar refractivity (Wildman–Crippen MR) is 91.4 cm³/mol. The fourth-order valence-corrected chi connectivity index (χ4v) is 2.79. The molecule has 0 aliphatic carbocycles. The van der Waals surface area contributed by atoms with E-state index >= 15 is 0 Å². The Kier molecular flexibility index (Phi) is 5.40. The summed E-state index contributed by atoms with van der Waals surface area (Å²) in [4.78, 5) is 16.3. The van der Waals surface area contributed by atoms with Crippen LogP contribution in [0.4, 0.5) is 0 Å². The third kappa shape index (κ3) is 4.10. The molecular formula is C18H22N4O2. The molecule has 0 saturated carbocycles. The first kappa shape index (κ1) is 16.4. The van der Waals surface area contributed by atoms with E-state index in [0.717, 1.165) is 17.7 Å². The molecule has 1 saturated heterocycles. The second-order valence-electron chi connectivity index (χ2n) is 5.80. The molecule has 1 aromatic heterocycles. The Morgan fingerprint density at radius 2 is 1.96 bits per heavy atom. The predicted octanol–water partition coefficient (Wildman–Crippen LogP) is 1.36. The smallest absolute Gasteiger partial charge is 0.238 e. The molecule has 2 unspecified atom stereocenters. The highest BCUT2D eigenvalue weighted by Crippen LogP contribution is 2.24. The molecule has 1 amide bonds. The van der Waals surface area contributed by atoms with E-state index in [1.807, 2.05) is 36.4 Å². The lowest BCUT2D eigenvalue weighted by molar-refractivity contribution is -0.122. The highest BCUT2D eigenvalue weighted by atomic mass is 16.5. The number of rotatable bonds is 6.